The van der Waals surface area contributed by atoms with Crippen molar-refractivity contribution in [3.8, 4) is 0 Å². The Hall–Kier alpha value is 0.310. The van der Waals surface area contributed by atoms with E-state index in [2.05, 4.69) is 24.0 Å². The summed E-state index contributed by atoms with van der Waals surface area (Å²) in [5.41, 5.74) is 0.616. The van der Waals surface area contributed by atoms with E-state index in [-0.39, 0.29) is 0 Å². The zero-order valence-electron chi connectivity index (χ0n) is 7.94. The maximum atomic E-state index is 3.66. The molecule has 0 aromatic heterocycles. The monoisotopic (exact) mass is 185 g/mol. The summed E-state index contributed by atoms with van der Waals surface area (Å²) >= 11 is 2.15. The van der Waals surface area contributed by atoms with Crippen molar-refractivity contribution in [3.05, 3.63) is 0 Å². The summed E-state index contributed by atoms with van der Waals surface area (Å²) in [5.74, 6) is 1.37. The molecule has 1 nitrogen and oxygen atoms in total. The molecule has 1 aliphatic carbocycles. The second-order valence-corrected chi connectivity index (χ2v) is 5.63. The lowest BCUT2D eigenvalue weighted by atomic mass is 9.88. The first-order chi connectivity index (χ1) is 5.81. The van der Waals surface area contributed by atoms with Crippen LogP contribution in [-0.4, -0.2) is 17.7 Å². The summed E-state index contributed by atoms with van der Waals surface area (Å²) in [6.45, 7) is 3.71. The molecule has 1 unspecified atom stereocenters. The van der Waals surface area contributed by atoms with Crippen LogP contribution < -0.4 is 5.32 Å². The minimum atomic E-state index is 0.616. The second kappa shape index (κ2) is 3.59. The van der Waals surface area contributed by atoms with Gasteiger partial charge in [-0.25, -0.2) is 0 Å². The first-order valence-corrected chi connectivity index (χ1v) is 6.21. The van der Waals surface area contributed by atoms with Crippen LogP contribution in [0.2, 0.25) is 0 Å². The summed E-state index contributed by atoms with van der Waals surface area (Å²) in [5, 5.41) is 4.42. The van der Waals surface area contributed by atoms with Crippen LogP contribution in [0.3, 0.4) is 0 Å². The number of thioether (sulfide) groups is 1. The predicted octanol–water partition coefficient (Wildman–Crippen LogP) is 2.62. The minimum Gasteiger partial charge on any atom is -0.305 e. The maximum absolute atomic E-state index is 3.66. The molecule has 0 radical (unpaired) electrons. The zero-order chi connectivity index (χ0) is 8.44. The van der Waals surface area contributed by atoms with Gasteiger partial charge in [-0.2, -0.15) is 0 Å². The van der Waals surface area contributed by atoms with Gasteiger partial charge in [-0.1, -0.05) is 19.8 Å². The molecular weight excluding hydrogens is 166 g/mol. The van der Waals surface area contributed by atoms with Gasteiger partial charge in [0.15, 0.2) is 0 Å². The van der Waals surface area contributed by atoms with Gasteiger partial charge in [0.2, 0.25) is 0 Å². The quantitative estimate of drug-likeness (QED) is 0.674. The highest BCUT2D eigenvalue weighted by Crippen LogP contribution is 2.44. The molecule has 1 atom stereocenters. The molecule has 0 spiro atoms. The third-order valence-corrected chi connectivity index (χ3v) is 4.91. The average molecular weight is 185 g/mol. The van der Waals surface area contributed by atoms with Gasteiger partial charge in [-0.15, -0.1) is 11.8 Å². The highest BCUT2D eigenvalue weighted by molar-refractivity contribution is 7.99. The molecule has 2 heteroatoms. The topological polar surface area (TPSA) is 12.0 Å². The van der Waals surface area contributed by atoms with E-state index in [1.54, 1.807) is 0 Å². The molecule has 12 heavy (non-hydrogen) atoms. The first kappa shape index (κ1) is 8.89. The smallest absolute Gasteiger partial charge is 0.0586 e. The van der Waals surface area contributed by atoms with Crippen LogP contribution in [0.15, 0.2) is 0 Å². The maximum Gasteiger partial charge on any atom is 0.0586 e. The van der Waals surface area contributed by atoms with E-state index in [9.17, 15) is 0 Å². The summed E-state index contributed by atoms with van der Waals surface area (Å²) in [7, 11) is 0. The zero-order valence-corrected chi connectivity index (χ0v) is 8.75. The molecule has 1 aliphatic heterocycles. The summed E-state index contributed by atoms with van der Waals surface area (Å²) in [6, 6.07) is 0. The molecule has 1 saturated carbocycles. The average Bonchev–Trinajstić information content (AvgIpc) is 2.55. The molecule has 0 aromatic rings. The molecule has 70 valence electrons. The van der Waals surface area contributed by atoms with Crippen LogP contribution in [0.4, 0.5) is 0 Å². The van der Waals surface area contributed by atoms with Crippen LogP contribution in [0.5, 0.6) is 0 Å². The summed E-state index contributed by atoms with van der Waals surface area (Å²) < 4.78 is 0. The van der Waals surface area contributed by atoms with Gasteiger partial charge in [0.25, 0.3) is 0 Å². The van der Waals surface area contributed by atoms with Gasteiger partial charge >= 0.3 is 0 Å². The van der Waals surface area contributed by atoms with Gasteiger partial charge in [0.1, 0.15) is 0 Å². The Morgan fingerprint density at radius 1 is 1.25 bits per heavy atom. The van der Waals surface area contributed by atoms with Crippen molar-refractivity contribution < 1.29 is 0 Å². The second-order valence-electron chi connectivity index (χ2n) is 4.42. The van der Waals surface area contributed by atoms with Gasteiger partial charge in [0, 0.05) is 0 Å². The fraction of sp³-hybridized carbons (Fsp3) is 1.00. The van der Waals surface area contributed by atoms with E-state index in [4.69, 9.17) is 0 Å². The van der Waals surface area contributed by atoms with Gasteiger partial charge < -0.3 is 5.32 Å². The van der Waals surface area contributed by atoms with Gasteiger partial charge in [0.05, 0.1) is 5.37 Å². The SMILES string of the molecule is CC1(C2NCCCS2)CCCC1. The molecular formula is C10H19NS. The highest BCUT2D eigenvalue weighted by Gasteiger charge is 2.37. The number of hydrogen-bond acceptors (Lipinski definition) is 2. The van der Waals surface area contributed by atoms with E-state index in [1.165, 1.54) is 44.4 Å². The number of rotatable bonds is 1. The Kier molecular flexibility index (Phi) is 2.66. The minimum absolute atomic E-state index is 0.616. The van der Waals surface area contributed by atoms with E-state index in [1.807, 2.05) is 0 Å². The fourth-order valence-corrected chi connectivity index (χ4v) is 3.88. The lowest BCUT2D eigenvalue weighted by Crippen LogP contribution is -2.43. The predicted molar refractivity (Wildman–Crippen MR) is 55.4 cm³/mol. The lowest BCUT2D eigenvalue weighted by molar-refractivity contribution is 0.286. The van der Waals surface area contributed by atoms with E-state index < -0.39 is 0 Å². The normalized spacial score (nSPS) is 35.2. The van der Waals surface area contributed by atoms with Crippen LogP contribution in [0.25, 0.3) is 0 Å². The summed E-state index contributed by atoms with van der Waals surface area (Å²) in [4.78, 5) is 0. The first-order valence-electron chi connectivity index (χ1n) is 5.16. The Bertz CT molecular complexity index is 146. The molecule has 2 fully saturated rings. The van der Waals surface area contributed by atoms with Crippen LogP contribution >= 0.6 is 11.8 Å². The molecule has 0 aromatic carbocycles. The molecule has 1 heterocycles. The lowest BCUT2D eigenvalue weighted by Gasteiger charge is -2.37. The molecule has 0 bridgehead atoms. The highest BCUT2D eigenvalue weighted by atomic mass is 32.2. The van der Waals surface area contributed by atoms with Crippen molar-refractivity contribution >= 4 is 11.8 Å². The van der Waals surface area contributed by atoms with Gasteiger partial charge in [-0.3, -0.25) is 0 Å². The molecule has 1 N–H and O–H groups in total. The molecule has 1 saturated heterocycles. The van der Waals surface area contributed by atoms with Crippen molar-refractivity contribution in [1.82, 2.24) is 5.32 Å². The van der Waals surface area contributed by atoms with E-state index >= 15 is 0 Å². The number of nitrogens with one attached hydrogen (secondary N) is 1. The van der Waals surface area contributed by atoms with Crippen molar-refractivity contribution in [3.63, 3.8) is 0 Å². The van der Waals surface area contributed by atoms with E-state index in [0.29, 0.717) is 5.41 Å². The van der Waals surface area contributed by atoms with Crippen LogP contribution in [0.1, 0.15) is 39.0 Å². The standard InChI is InChI=1S/C10H19NS/c1-10(5-2-3-6-10)9-11-7-4-8-12-9/h9,11H,2-8H2,1H3. The Morgan fingerprint density at radius 3 is 2.58 bits per heavy atom. The third kappa shape index (κ3) is 1.64. The Morgan fingerprint density at radius 2 is 2.00 bits per heavy atom. The third-order valence-electron chi connectivity index (χ3n) is 3.31. The van der Waals surface area contributed by atoms with E-state index in [0.717, 1.165) is 5.37 Å². The fourth-order valence-electron chi connectivity index (χ4n) is 2.46. The number of hydrogen-bond donors (Lipinski definition) is 1. The van der Waals surface area contributed by atoms with Crippen molar-refractivity contribution in [2.45, 2.75) is 44.4 Å². The summed E-state index contributed by atoms with van der Waals surface area (Å²) in [6.07, 6.45) is 7.15. The van der Waals surface area contributed by atoms with Crippen molar-refractivity contribution in [1.29, 1.82) is 0 Å². The van der Waals surface area contributed by atoms with Crippen LogP contribution in [0, 0.1) is 5.41 Å². The Balaban J connectivity index is 1.96. The van der Waals surface area contributed by atoms with Gasteiger partial charge in [-0.05, 0) is 37.0 Å². The molecule has 2 aliphatic rings. The molecule has 0 amide bonds. The van der Waals surface area contributed by atoms with Crippen molar-refractivity contribution in [2.75, 3.05) is 12.3 Å². The molecule has 2 rings (SSSR count). The Labute approximate surface area is 79.7 Å². The largest absolute Gasteiger partial charge is 0.305 e. The van der Waals surface area contributed by atoms with Crippen molar-refractivity contribution in [2.24, 2.45) is 5.41 Å². The van der Waals surface area contributed by atoms with Crippen LogP contribution in [-0.2, 0) is 0 Å².